The van der Waals surface area contributed by atoms with Crippen LogP contribution in [0.4, 0.5) is 13.2 Å². The second-order valence-electron chi connectivity index (χ2n) is 7.02. The molecule has 0 bridgehead atoms. The lowest BCUT2D eigenvalue weighted by Crippen LogP contribution is -2.26. The maximum absolute atomic E-state index is 12.9. The van der Waals surface area contributed by atoms with Crippen molar-refractivity contribution in [3.05, 3.63) is 65.2 Å². The predicted octanol–water partition coefficient (Wildman–Crippen LogP) is 3.91. The molecule has 1 aromatic carbocycles. The highest BCUT2D eigenvalue weighted by Gasteiger charge is 2.38. The van der Waals surface area contributed by atoms with Crippen LogP contribution in [0.15, 0.2) is 48.9 Å². The molecule has 0 spiro atoms. The highest BCUT2D eigenvalue weighted by molar-refractivity contribution is 7.18. The van der Waals surface area contributed by atoms with E-state index in [-0.39, 0.29) is 5.91 Å². The number of fused-ring (bicyclic) bond motifs is 2. The lowest BCUT2D eigenvalue weighted by Gasteiger charge is -2.14. The van der Waals surface area contributed by atoms with Gasteiger partial charge in [-0.2, -0.15) is 18.3 Å². The first-order chi connectivity index (χ1) is 15.7. The Bertz CT molecular complexity index is 1270. The molecule has 3 aromatic heterocycles. The van der Waals surface area contributed by atoms with Gasteiger partial charge in [0.05, 0.1) is 39.2 Å². The minimum absolute atomic E-state index is 0.0328. The molecule has 0 saturated carbocycles. The van der Waals surface area contributed by atoms with Crippen LogP contribution in [0.25, 0.3) is 21.3 Å². The fraction of sp³-hybridized carbons (Fsp3) is 0.190. The fourth-order valence-electron chi connectivity index (χ4n) is 3.35. The highest BCUT2D eigenvalue weighted by Crippen LogP contribution is 2.31. The van der Waals surface area contributed by atoms with E-state index in [1.807, 2.05) is 29.2 Å². The number of H-pyrrole nitrogens is 1. The van der Waals surface area contributed by atoms with Gasteiger partial charge in [-0.05, 0) is 18.2 Å². The summed E-state index contributed by atoms with van der Waals surface area (Å²) in [5.41, 5.74) is 4.34. The molecule has 8 nitrogen and oxygen atoms in total. The van der Waals surface area contributed by atoms with E-state index >= 15 is 0 Å². The van der Waals surface area contributed by atoms with Crippen molar-refractivity contribution in [1.29, 1.82) is 0 Å². The third-order valence-electron chi connectivity index (χ3n) is 4.86. The van der Waals surface area contributed by atoms with Crippen LogP contribution in [0, 0.1) is 0 Å². The van der Waals surface area contributed by atoms with E-state index in [1.54, 1.807) is 29.9 Å². The number of carboxylic acids is 1. The standard InChI is InChI=1S/C19H15N5OS.C2HF3O2/c25-19-18-13(12-9-21-22-10-12)5-7-20-15(18)11-24(19)8-6-17-23-14-3-1-2-4-16(14)26-17;3-2(4,5)1(6)7/h1-5,7,9-10H,6,8,11H2,(H,21,22);(H,6,7). The topological polar surface area (TPSA) is 112 Å². The molecule has 33 heavy (non-hydrogen) atoms. The largest absolute Gasteiger partial charge is 0.490 e. The van der Waals surface area contributed by atoms with Crippen molar-refractivity contribution in [3.63, 3.8) is 0 Å². The molecule has 1 aliphatic rings. The van der Waals surface area contributed by atoms with Gasteiger partial charge in [-0.1, -0.05) is 12.1 Å². The predicted molar refractivity (Wildman–Crippen MR) is 114 cm³/mol. The molecule has 0 fully saturated rings. The number of benzene rings is 1. The molecular weight excluding hydrogens is 459 g/mol. The first-order valence-electron chi connectivity index (χ1n) is 9.65. The highest BCUT2D eigenvalue weighted by atomic mass is 32.1. The minimum atomic E-state index is -5.08. The van der Waals surface area contributed by atoms with Gasteiger partial charge in [-0.25, -0.2) is 9.78 Å². The molecule has 4 aromatic rings. The number of carboxylic acid groups (broad SMARTS) is 1. The molecule has 4 heterocycles. The fourth-order valence-corrected chi connectivity index (χ4v) is 4.31. The summed E-state index contributed by atoms with van der Waals surface area (Å²) in [5.74, 6) is -2.72. The number of aliphatic carboxylic acids is 1. The van der Waals surface area contributed by atoms with E-state index in [2.05, 4.69) is 26.2 Å². The van der Waals surface area contributed by atoms with Crippen molar-refractivity contribution in [2.75, 3.05) is 6.54 Å². The Morgan fingerprint density at radius 2 is 2.00 bits per heavy atom. The molecule has 0 radical (unpaired) electrons. The number of carbonyl (C=O) groups excluding carboxylic acids is 1. The first-order valence-corrected chi connectivity index (χ1v) is 10.5. The van der Waals surface area contributed by atoms with Gasteiger partial charge in [-0.3, -0.25) is 14.9 Å². The second kappa shape index (κ2) is 8.98. The lowest BCUT2D eigenvalue weighted by atomic mass is 10.0. The maximum atomic E-state index is 12.9. The first kappa shape index (κ1) is 22.4. The second-order valence-corrected chi connectivity index (χ2v) is 8.14. The van der Waals surface area contributed by atoms with Crippen LogP contribution in [0.2, 0.25) is 0 Å². The number of rotatable bonds is 4. The van der Waals surface area contributed by atoms with Crippen LogP contribution in [0.3, 0.4) is 0 Å². The SMILES string of the molecule is O=C(O)C(F)(F)F.O=C1c2c(-c3cn[nH]c3)ccnc2CN1CCc1nc2ccccc2s1. The number of hydrogen-bond acceptors (Lipinski definition) is 6. The number of carbonyl (C=O) groups is 2. The summed E-state index contributed by atoms with van der Waals surface area (Å²) in [6, 6.07) is 9.99. The Labute approximate surface area is 188 Å². The number of halogens is 3. The van der Waals surface area contributed by atoms with Crippen LogP contribution in [-0.4, -0.2) is 54.8 Å². The Morgan fingerprint density at radius 1 is 1.24 bits per heavy atom. The van der Waals surface area contributed by atoms with Crippen LogP contribution in [-0.2, 0) is 17.8 Å². The quantitative estimate of drug-likeness (QED) is 0.463. The number of para-hydroxylation sites is 1. The molecule has 2 N–H and O–H groups in total. The summed E-state index contributed by atoms with van der Waals surface area (Å²) in [4.78, 5) is 32.8. The van der Waals surface area contributed by atoms with Crippen molar-refractivity contribution in [1.82, 2.24) is 25.1 Å². The number of thiazole rings is 1. The normalized spacial score (nSPS) is 13.1. The lowest BCUT2D eigenvalue weighted by molar-refractivity contribution is -0.192. The van der Waals surface area contributed by atoms with E-state index in [0.717, 1.165) is 33.8 Å². The van der Waals surface area contributed by atoms with Crippen molar-refractivity contribution in [2.24, 2.45) is 0 Å². The molecule has 170 valence electrons. The van der Waals surface area contributed by atoms with E-state index in [9.17, 15) is 18.0 Å². The number of hydrogen-bond donors (Lipinski definition) is 2. The number of nitrogens with zero attached hydrogens (tertiary/aromatic N) is 4. The van der Waals surface area contributed by atoms with Crippen molar-refractivity contribution >= 4 is 33.4 Å². The summed E-state index contributed by atoms with van der Waals surface area (Å²) in [6.45, 7) is 1.19. The van der Waals surface area contributed by atoms with Crippen LogP contribution in [0.5, 0.6) is 0 Å². The zero-order valence-electron chi connectivity index (χ0n) is 16.8. The van der Waals surface area contributed by atoms with E-state index in [4.69, 9.17) is 9.90 Å². The Kier molecular flexibility index (Phi) is 6.09. The number of alkyl halides is 3. The zero-order chi connectivity index (χ0) is 23.6. The average Bonchev–Trinajstić information content (AvgIpc) is 3.51. The molecule has 0 unspecified atom stereocenters. The van der Waals surface area contributed by atoms with Gasteiger partial charge in [0.1, 0.15) is 0 Å². The van der Waals surface area contributed by atoms with Gasteiger partial charge >= 0.3 is 12.1 Å². The Morgan fingerprint density at radius 3 is 2.67 bits per heavy atom. The number of amides is 1. The summed E-state index contributed by atoms with van der Waals surface area (Å²) in [7, 11) is 0. The Hall–Kier alpha value is -3.80. The Balaban J connectivity index is 0.000000325. The minimum Gasteiger partial charge on any atom is -0.475 e. The number of pyridine rings is 1. The van der Waals surface area contributed by atoms with Crippen LogP contribution >= 0.6 is 11.3 Å². The van der Waals surface area contributed by atoms with E-state index in [0.29, 0.717) is 18.7 Å². The van der Waals surface area contributed by atoms with Crippen molar-refractivity contribution in [3.8, 4) is 11.1 Å². The van der Waals surface area contributed by atoms with Gasteiger partial charge in [0.25, 0.3) is 5.91 Å². The van der Waals surface area contributed by atoms with Crippen LogP contribution in [0.1, 0.15) is 21.1 Å². The number of aromatic amines is 1. The van der Waals surface area contributed by atoms with Crippen molar-refractivity contribution in [2.45, 2.75) is 19.1 Å². The van der Waals surface area contributed by atoms with Gasteiger partial charge in [-0.15, -0.1) is 11.3 Å². The molecule has 1 amide bonds. The summed E-state index contributed by atoms with van der Waals surface area (Å²) in [6.07, 6.45) is 0.949. The summed E-state index contributed by atoms with van der Waals surface area (Å²) in [5, 5.41) is 15.0. The number of aromatic nitrogens is 4. The van der Waals surface area contributed by atoms with E-state index < -0.39 is 12.1 Å². The molecule has 0 saturated heterocycles. The third kappa shape index (κ3) is 4.85. The van der Waals surface area contributed by atoms with E-state index in [1.165, 1.54) is 4.70 Å². The molecule has 5 rings (SSSR count). The average molecular weight is 475 g/mol. The molecular formula is C21H16F3N5O3S. The number of nitrogens with one attached hydrogen (secondary N) is 1. The van der Waals surface area contributed by atoms with Gasteiger partial charge in [0.15, 0.2) is 0 Å². The molecule has 0 atom stereocenters. The van der Waals surface area contributed by atoms with Gasteiger partial charge in [0.2, 0.25) is 0 Å². The summed E-state index contributed by atoms with van der Waals surface area (Å²) < 4.78 is 32.9. The van der Waals surface area contributed by atoms with Gasteiger partial charge < -0.3 is 10.0 Å². The van der Waals surface area contributed by atoms with Crippen molar-refractivity contribution < 1.29 is 27.9 Å². The van der Waals surface area contributed by atoms with Crippen LogP contribution < -0.4 is 0 Å². The monoisotopic (exact) mass is 475 g/mol. The molecule has 1 aliphatic heterocycles. The maximum Gasteiger partial charge on any atom is 0.490 e. The third-order valence-corrected chi connectivity index (χ3v) is 5.95. The summed E-state index contributed by atoms with van der Waals surface area (Å²) >= 11 is 1.69. The zero-order valence-corrected chi connectivity index (χ0v) is 17.7. The molecule has 0 aliphatic carbocycles. The van der Waals surface area contributed by atoms with Gasteiger partial charge in [0, 0.05) is 36.5 Å². The molecule has 12 heteroatoms. The smallest absolute Gasteiger partial charge is 0.475 e.